The predicted molar refractivity (Wildman–Crippen MR) is 69.9 cm³/mol. The first-order valence-electron chi connectivity index (χ1n) is 7.00. The number of aromatic nitrogens is 2. The Hall–Kier alpha value is -0.990. The smallest absolute Gasteiger partial charge is 0.202 e. The molecule has 3 nitrogen and oxygen atoms in total. The first-order valence-corrected chi connectivity index (χ1v) is 7.00. The largest absolute Gasteiger partial charge is 0.353 e. The number of hydrogen-bond donors (Lipinski definition) is 1. The number of imidazole rings is 1. The zero-order valence-electron chi connectivity index (χ0n) is 10.9. The van der Waals surface area contributed by atoms with Crippen molar-refractivity contribution in [3.05, 3.63) is 12.4 Å². The van der Waals surface area contributed by atoms with Crippen LogP contribution in [0.3, 0.4) is 0 Å². The van der Waals surface area contributed by atoms with Crippen LogP contribution in [0.4, 0.5) is 5.95 Å². The average Bonchev–Trinajstić information content (AvgIpc) is 2.95. The highest BCUT2D eigenvalue weighted by atomic mass is 15.2. The van der Waals surface area contributed by atoms with Gasteiger partial charge in [-0.3, -0.25) is 0 Å². The Balaban J connectivity index is 1.67. The fraction of sp³-hybridized carbons (Fsp3) is 0.786. The van der Waals surface area contributed by atoms with E-state index in [1.54, 1.807) is 0 Å². The lowest BCUT2D eigenvalue weighted by molar-refractivity contribution is 0.297. The van der Waals surface area contributed by atoms with Gasteiger partial charge < -0.3 is 9.88 Å². The quantitative estimate of drug-likeness (QED) is 0.866. The fourth-order valence-electron chi connectivity index (χ4n) is 3.71. The van der Waals surface area contributed by atoms with Gasteiger partial charge in [0.1, 0.15) is 0 Å². The van der Waals surface area contributed by atoms with Crippen molar-refractivity contribution in [1.82, 2.24) is 9.55 Å². The van der Waals surface area contributed by atoms with Crippen LogP contribution in [-0.4, -0.2) is 15.6 Å². The van der Waals surface area contributed by atoms with Gasteiger partial charge in [-0.05, 0) is 50.9 Å². The topological polar surface area (TPSA) is 29.9 Å². The summed E-state index contributed by atoms with van der Waals surface area (Å²) < 4.78 is 2.31. The summed E-state index contributed by atoms with van der Waals surface area (Å²) in [5.41, 5.74) is 0. The summed E-state index contributed by atoms with van der Waals surface area (Å²) in [6, 6.07) is 0.455. The summed E-state index contributed by atoms with van der Waals surface area (Å²) in [6.07, 6.45) is 9.93. The molecule has 1 aromatic rings. The number of hydrogen-bond acceptors (Lipinski definition) is 2. The normalized spacial score (nSPS) is 31.4. The summed E-state index contributed by atoms with van der Waals surface area (Å²) in [4.78, 5) is 4.41. The van der Waals surface area contributed by atoms with E-state index in [-0.39, 0.29) is 0 Å². The third-order valence-corrected chi connectivity index (χ3v) is 4.45. The van der Waals surface area contributed by atoms with E-state index in [2.05, 4.69) is 34.9 Å². The van der Waals surface area contributed by atoms with Gasteiger partial charge in [0.2, 0.25) is 5.95 Å². The monoisotopic (exact) mass is 233 g/mol. The molecule has 2 saturated carbocycles. The molecule has 3 atom stereocenters. The van der Waals surface area contributed by atoms with Crippen LogP contribution in [-0.2, 0) is 6.54 Å². The van der Waals surface area contributed by atoms with E-state index in [9.17, 15) is 0 Å². The van der Waals surface area contributed by atoms with Crippen molar-refractivity contribution in [1.29, 1.82) is 0 Å². The second-order valence-electron chi connectivity index (χ2n) is 6.14. The third-order valence-electron chi connectivity index (χ3n) is 4.45. The van der Waals surface area contributed by atoms with Gasteiger partial charge in [-0.25, -0.2) is 4.98 Å². The van der Waals surface area contributed by atoms with E-state index in [0.717, 1.165) is 30.2 Å². The molecule has 0 radical (unpaired) electrons. The number of fused-ring (bicyclic) bond motifs is 2. The Morgan fingerprint density at radius 2 is 2.29 bits per heavy atom. The van der Waals surface area contributed by atoms with Gasteiger partial charge in [-0.1, -0.05) is 6.42 Å². The van der Waals surface area contributed by atoms with Crippen LogP contribution in [0.15, 0.2) is 12.4 Å². The molecule has 2 aliphatic rings. The molecule has 0 aromatic carbocycles. The highest BCUT2D eigenvalue weighted by molar-refractivity contribution is 5.26. The van der Waals surface area contributed by atoms with Crippen LogP contribution in [0, 0.1) is 17.8 Å². The molecule has 3 heteroatoms. The molecule has 1 heterocycles. The predicted octanol–water partition coefficient (Wildman–Crippen LogP) is 3.14. The van der Waals surface area contributed by atoms with Crippen molar-refractivity contribution in [2.24, 2.45) is 17.8 Å². The van der Waals surface area contributed by atoms with Crippen molar-refractivity contribution in [2.75, 3.05) is 5.32 Å². The van der Waals surface area contributed by atoms with E-state index in [4.69, 9.17) is 0 Å². The number of nitrogens with zero attached hydrogens (tertiary/aromatic N) is 2. The van der Waals surface area contributed by atoms with Crippen LogP contribution >= 0.6 is 0 Å². The maximum absolute atomic E-state index is 4.41. The fourth-order valence-corrected chi connectivity index (χ4v) is 3.71. The van der Waals surface area contributed by atoms with Crippen LogP contribution in [0.1, 0.15) is 39.5 Å². The maximum Gasteiger partial charge on any atom is 0.202 e. The maximum atomic E-state index is 4.41. The van der Waals surface area contributed by atoms with E-state index >= 15 is 0 Å². The number of anilines is 1. The minimum Gasteiger partial charge on any atom is -0.353 e. The van der Waals surface area contributed by atoms with Crippen molar-refractivity contribution in [2.45, 2.75) is 52.1 Å². The number of nitrogens with one attached hydrogen (secondary N) is 1. The summed E-state index contributed by atoms with van der Waals surface area (Å²) in [5.74, 6) is 3.97. The first kappa shape index (κ1) is 11.1. The van der Waals surface area contributed by atoms with E-state index in [0.29, 0.717) is 6.04 Å². The van der Waals surface area contributed by atoms with Crippen molar-refractivity contribution in [3.8, 4) is 0 Å². The molecule has 0 spiro atoms. The van der Waals surface area contributed by atoms with Gasteiger partial charge in [0, 0.05) is 25.0 Å². The molecule has 0 saturated heterocycles. The molecule has 1 N–H and O–H groups in total. The Bertz CT molecular complexity index is 383. The van der Waals surface area contributed by atoms with Crippen LogP contribution in [0.2, 0.25) is 0 Å². The summed E-state index contributed by atoms with van der Waals surface area (Å²) >= 11 is 0. The standard InChI is InChI=1S/C14H23N3/c1-10(2)16-14-15-5-6-17(14)9-13-8-11-3-4-12(13)7-11/h5-6,10-13H,3-4,7-9H2,1-2H3,(H,15,16). The van der Waals surface area contributed by atoms with Gasteiger partial charge in [-0.2, -0.15) is 0 Å². The Morgan fingerprint density at radius 1 is 1.41 bits per heavy atom. The Kier molecular flexibility index (Phi) is 2.85. The van der Waals surface area contributed by atoms with E-state index < -0.39 is 0 Å². The summed E-state index contributed by atoms with van der Waals surface area (Å²) in [5, 5.41) is 3.42. The first-order chi connectivity index (χ1) is 8.22. The summed E-state index contributed by atoms with van der Waals surface area (Å²) in [6.45, 7) is 5.49. The zero-order chi connectivity index (χ0) is 11.8. The minimum atomic E-state index is 0.455. The van der Waals surface area contributed by atoms with Gasteiger partial charge in [-0.15, -0.1) is 0 Å². The zero-order valence-corrected chi connectivity index (χ0v) is 10.9. The van der Waals surface area contributed by atoms with Crippen LogP contribution in [0.5, 0.6) is 0 Å². The molecule has 1 aromatic heterocycles. The highest BCUT2D eigenvalue weighted by Crippen LogP contribution is 2.48. The van der Waals surface area contributed by atoms with Gasteiger partial charge >= 0.3 is 0 Å². The molecular weight excluding hydrogens is 210 g/mol. The van der Waals surface area contributed by atoms with Crippen molar-refractivity contribution >= 4 is 5.95 Å². The molecular formula is C14H23N3. The third kappa shape index (κ3) is 2.20. The lowest BCUT2D eigenvalue weighted by atomic mass is 9.89. The molecule has 0 amide bonds. The highest BCUT2D eigenvalue weighted by Gasteiger charge is 2.39. The van der Waals surface area contributed by atoms with Crippen molar-refractivity contribution in [3.63, 3.8) is 0 Å². The van der Waals surface area contributed by atoms with Crippen molar-refractivity contribution < 1.29 is 0 Å². The van der Waals surface area contributed by atoms with Crippen LogP contribution in [0.25, 0.3) is 0 Å². The van der Waals surface area contributed by atoms with E-state index in [1.165, 1.54) is 25.7 Å². The second-order valence-corrected chi connectivity index (χ2v) is 6.14. The SMILES string of the molecule is CC(C)Nc1nccn1CC1CC2CCC1C2. The molecule has 2 aliphatic carbocycles. The molecule has 2 bridgehead atoms. The molecule has 2 fully saturated rings. The minimum absolute atomic E-state index is 0.455. The molecule has 17 heavy (non-hydrogen) atoms. The molecule has 0 aliphatic heterocycles. The van der Waals surface area contributed by atoms with Gasteiger partial charge in [0.15, 0.2) is 0 Å². The Labute approximate surface area is 104 Å². The lowest BCUT2D eigenvalue weighted by Crippen LogP contribution is -2.20. The van der Waals surface area contributed by atoms with Gasteiger partial charge in [0.25, 0.3) is 0 Å². The molecule has 3 rings (SSSR count). The van der Waals surface area contributed by atoms with E-state index in [1.807, 2.05) is 6.20 Å². The van der Waals surface area contributed by atoms with Crippen LogP contribution < -0.4 is 5.32 Å². The Morgan fingerprint density at radius 3 is 2.94 bits per heavy atom. The van der Waals surface area contributed by atoms with Gasteiger partial charge in [0.05, 0.1) is 0 Å². The second kappa shape index (κ2) is 4.35. The molecule has 94 valence electrons. The lowest BCUT2D eigenvalue weighted by Gasteiger charge is -2.23. The molecule has 3 unspecified atom stereocenters. The summed E-state index contributed by atoms with van der Waals surface area (Å²) in [7, 11) is 0. The average molecular weight is 233 g/mol. The number of rotatable bonds is 4.